The zero-order valence-electron chi connectivity index (χ0n) is 9.57. The maximum atomic E-state index is 13.5. The number of nitrogens with zero attached hydrogens (tertiary/aromatic N) is 1. The lowest BCUT2D eigenvalue weighted by Crippen LogP contribution is -2.07. The molecule has 1 aromatic carbocycles. The SMILES string of the molecule is NCc1ncccc1COc1ccc(Br)cc1F. The van der Waals surface area contributed by atoms with Gasteiger partial charge in [-0.3, -0.25) is 4.98 Å². The molecule has 0 saturated carbocycles. The molecule has 1 heterocycles. The van der Waals surface area contributed by atoms with Gasteiger partial charge in [0.1, 0.15) is 6.61 Å². The molecule has 0 radical (unpaired) electrons. The van der Waals surface area contributed by atoms with Gasteiger partial charge >= 0.3 is 0 Å². The molecule has 3 nitrogen and oxygen atoms in total. The molecule has 0 atom stereocenters. The zero-order chi connectivity index (χ0) is 13.0. The summed E-state index contributed by atoms with van der Waals surface area (Å²) in [6.07, 6.45) is 1.67. The first kappa shape index (κ1) is 13.0. The summed E-state index contributed by atoms with van der Waals surface area (Å²) in [5.41, 5.74) is 7.19. The van der Waals surface area contributed by atoms with E-state index < -0.39 is 5.82 Å². The second-order valence-corrected chi connectivity index (χ2v) is 4.59. The number of rotatable bonds is 4. The fraction of sp³-hybridized carbons (Fsp3) is 0.154. The van der Waals surface area contributed by atoms with Crippen LogP contribution in [-0.4, -0.2) is 4.98 Å². The Labute approximate surface area is 113 Å². The summed E-state index contributed by atoms with van der Waals surface area (Å²) < 4.78 is 19.6. The van der Waals surface area contributed by atoms with Crippen molar-refractivity contribution in [2.75, 3.05) is 0 Å². The molecule has 0 aliphatic carbocycles. The van der Waals surface area contributed by atoms with Crippen molar-refractivity contribution in [2.24, 2.45) is 5.73 Å². The Kier molecular flexibility index (Phi) is 4.28. The van der Waals surface area contributed by atoms with E-state index in [0.29, 0.717) is 11.0 Å². The summed E-state index contributed by atoms with van der Waals surface area (Å²) in [6, 6.07) is 8.34. The molecule has 0 aliphatic heterocycles. The van der Waals surface area contributed by atoms with Gasteiger partial charge in [-0.1, -0.05) is 22.0 Å². The molecule has 2 rings (SSSR count). The van der Waals surface area contributed by atoms with Crippen LogP contribution in [0.15, 0.2) is 41.0 Å². The molecule has 18 heavy (non-hydrogen) atoms. The van der Waals surface area contributed by atoms with Gasteiger partial charge in [0.25, 0.3) is 0 Å². The van der Waals surface area contributed by atoms with Crippen LogP contribution >= 0.6 is 15.9 Å². The van der Waals surface area contributed by atoms with E-state index in [1.165, 1.54) is 6.07 Å². The van der Waals surface area contributed by atoms with E-state index in [2.05, 4.69) is 20.9 Å². The highest BCUT2D eigenvalue weighted by Crippen LogP contribution is 2.22. The third-order valence-corrected chi connectivity index (χ3v) is 2.95. The topological polar surface area (TPSA) is 48.1 Å². The Bertz CT molecular complexity index is 548. The molecule has 5 heteroatoms. The summed E-state index contributed by atoms with van der Waals surface area (Å²) in [7, 11) is 0. The summed E-state index contributed by atoms with van der Waals surface area (Å²) in [4.78, 5) is 4.14. The number of pyridine rings is 1. The first-order chi connectivity index (χ1) is 8.70. The van der Waals surface area contributed by atoms with Gasteiger partial charge in [0, 0.05) is 22.8 Å². The van der Waals surface area contributed by atoms with Crippen molar-refractivity contribution < 1.29 is 9.13 Å². The number of benzene rings is 1. The van der Waals surface area contributed by atoms with Crippen LogP contribution in [0, 0.1) is 5.82 Å². The lowest BCUT2D eigenvalue weighted by Gasteiger charge is -2.09. The third kappa shape index (κ3) is 3.05. The smallest absolute Gasteiger partial charge is 0.166 e. The molecule has 2 N–H and O–H groups in total. The molecule has 0 amide bonds. The molecule has 0 aliphatic rings. The second kappa shape index (κ2) is 5.93. The molecule has 1 aromatic heterocycles. The predicted molar refractivity (Wildman–Crippen MR) is 70.6 cm³/mol. The number of ether oxygens (including phenoxy) is 1. The Hall–Kier alpha value is -1.46. The summed E-state index contributed by atoms with van der Waals surface area (Å²) in [5, 5.41) is 0. The molecule has 0 spiro atoms. The molecule has 0 saturated heterocycles. The lowest BCUT2D eigenvalue weighted by atomic mass is 10.2. The fourth-order valence-electron chi connectivity index (χ4n) is 1.53. The number of hydrogen-bond acceptors (Lipinski definition) is 3. The van der Waals surface area contributed by atoms with E-state index in [1.54, 1.807) is 24.4 Å². The number of aromatic nitrogens is 1. The van der Waals surface area contributed by atoms with E-state index in [9.17, 15) is 4.39 Å². The maximum absolute atomic E-state index is 13.5. The van der Waals surface area contributed by atoms with Crippen molar-refractivity contribution in [1.82, 2.24) is 4.98 Å². The fourth-order valence-corrected chi connectivity index (χ4v) is 1.87. The van der Waals surface area contributed by atoms with Gasteiger partial charge in [-0.25, -0.2) is 4.39 Å². The van der Waals surface area contributed by atoms with Gasteiger partial charge in [-0.05, 0) is 24.3 Å². The first-order valence-corrected chi connectivity index (χ1v) is 6.20. The normalized spacial score (nSPS) is 10.4. The molecular formula is C13H12BrFN2O. The van der Waals surface area contributed by atoms with Crippen LogP contribution in [0.2, 0.25) is 0 Å². The van der Waals surface area contributed by atoms with Gasteiger partial charge in [0.2, 0.25) is 0 Å². The van der Waals surface area contributed by atoms with Gasteiger partial charge in [0.15, 0.2) is 11.6 Å². The van der Waals surface area contributed by atoms with Gasteiger partial charge < -0.3 is 10.5 Å². The van der Waals surface area contributed by atoms with E-state index in [1.807, 2.05) is 6.07 Å². The molecule has 94 valence electrons. The summed E-state index contributed by atoms with van der Waals surface area (Å²) in [5.74, 6) is -0.187. The van der Waals surface area contributed by atoms with Crippen LogP contribution in [0.25, 0.3) is 0 Å². The minimum Gasteiger partial charge on any atom is -0.486 e. The van der Waals surface area contributed by atoms with Crippen molar-refractivity contribution in [1.29, 1.82) is 0 Å². The van der Waals surface area contributed by atoms with Crippen LogP contribution in [0.1, 0.15) is 11.3 Å². The number of nitrogens with two attached hydrogens (primary N) is 1. The second-order valence-electron chi connectivity index (χ2n) is 3.68. The van der Waals surface area contributed by atoms with E-state index in [4.69, 9.17) is 10.5 Å². The van der Waals surface area contributed by atoms with Crippen LogP contribution in [-0.2, 0) is 13.2 Å². The van der Waals surface area contributed by atoms with E-state index in [-0.39, 0.29) is 12.4 Å². The van der Waals surface area contributed by atoms with Crippen molar-refractivity contribution in [2.45, 2.75) is 13.2 Å². The Morgan fingerprint density at radius 1 is 1.33 bits per heavy atom. The Balaban J connectivity index is 2.11. The van der Waals surface area contributed by atoms with Crippen LogP contribution < -0.4 is 10.5 Å². The van der Waals surface area contributed by atoms with Gasteiger partial charge in [-0.2, -0.15) is 0 Å². The van der Waals surface area contributed by atoms with Crippen molar-refractivity contribution >= 4 is 15.9 Å². The summed E-state index contributed by atoms with van der Waals surface area (Å²) in [6.45, 7) is 0.585. The zero-order valence-corrected chi connectivity index (χ0v) is 11.2. The Morgan fingerprint density at radius 2 is 2.17 bits per heavy atom. The van der Waals surface area contributed by atoms with Gasteiger partial charge in [-0.15, -0.1) is 0 Å². The third-order valence-electron chi connectivity index (χ3n) is 2.45. The minimum atomic E-state index is -0.400. The van der Waals surface area contributed by atoms with Crippen molar-refractivity contribution in [3.05, 3.63) is 58.1 Å². The van der Waals surface area contributed by atoms with Crippen molar-refractivity contribution in [3.8, 4) is 5.75 Å². The Morgan fingerprint density at radius 3 is 2.89 bits per heavy atom. The monoisotopic (exact) mass is 310 g/mol. The molecule has 0 unspecified atom stereocenters. The van der Waals surface area contributed by atoms with E-state index >= 15 is 0 Å². The van der Waals surface area contributed by atoms with Crippen LogP contribution in [0.4, 0.5) is 4.39 Å². The highest BCUT2D eigenvalue weighted by Gasteiger charge is 2.06. The van der Waals surface area contributed by atoms with Crippen LogP contribution in [0.5, 0.6) is 5.75 Å². The highest BCUT2D eigenvalue weighted by molar-refractivity contribution is 9.10. The molecule has 2 aromatic rings. The largest absolute Gasteiger partial charge is 0.486 e. The maximum Gasteiger partial charge on any atom is 0.166 e. The summed E-state index contributed by atoms with van der Waals surface area (Å²) >= 11 is 3.19. The first-order valence-electron chi connectivity index (χ1n) is 5.41. The molecular weight excluding hydrogens is 299 g/mol. The van der Waals surface area contributed by atoms with Crippen LogP contribution in [0.3, 0.4) is 0 Å². The highest BCUT2D eigenvalue weighted by atomic mass is 79.9. The minimum absolute atomic E-state index is 0.213. The van der Waals surface area contributed by atoms with Crippen molar-refractivity contribution in [3.63, 3.8) is 0 Å². The number of halogens is 2. The van der Waals surface area contributed by atoms with Gasteiger partial charge in [0.05, 0.1) is 5.69 Å². The standard InChI is InChI=1S/C13H12BrFN2O/c14-10-3-4-13(11(15)6-10)18-8-9-2-1-5-17-12(9)7-16/h1-6H,7-8,16H2. The average Bonchev–Trinajstić information content (AvgIpc) is 2.38. The molecule has 0 bridgehead atoms. The van der Waals surface area contributed by atoms with E-state index in [0.717, 1.165) is 11.3 Å². The quantitative estimate of drug-likeness (QED) is 0.944. The predicted octanol–water partition coefficient (Wildman–Crippen LogP) is 3.02. The lowest BCUT2D eigenvalue weighted by molar-refractivity contribution is 0.288. The molecule has 0 fully saturated rings. The number of hydrogen-bond donors (Lipinski definition) is 1. The average molecular weight is 311 g/mol.